The molecule has 1 aromatic carbocycles. The van der Waals surface area contributed by atoms with Crippen molar-refractivity contribution in [3.05, 3.63) is 28.8 Å². The minimum absolute atomic E-state index is 0.115. The van der Waals surface area contributed by atoms with Crippen LogP contribution in [0.3, 0.4) is 0 Å². The van der Waals surface area contributed by atoms with Crippen molar-refractivity contribution in [1.29, 1.82) is 0 Å². The third-order valence-corrected chi connectivity index (χ3v) is 3.02. The Kier molecular flexibility index (Phi) is 5.96. The van der Waals surface area contributed by atoms with E-state index in [4.69, 9.17) is 0 Å². The molecule has 0 spiro atoms. The highest BCUT2D eigenvalue weighted by molar-refractivity contribution is 5.92. The van der Waals surface area contributed by atoms with Gasteiger partial charge < -0.3 is 9.64 Å². The van der Waals surface area contributed by atoms with Crippen molar-refractivity contribution in [2.75, 3.05) is 20.2 Å². The number of hydrogen-bond donors (Lipinski definition) is 0. The van der Waals surface area contributed by atoms with E-state index in [1.165, 1.54) is 6.07 Å². The molecule has 0 aliphatic rings. The number of aryl methyl sites for hydroxylation is 2. The van der Waals surface area contributed by atoms with E-state index >= 15 is 0 Å². The van der Waals surface area contributed by atoms with Gasteiger partial charge in [-0.05, 0) is 44.0 Å². The van der Waals surface area contributed by atoms with Crippen LogP contribution in [0.25, 0.3) is 0 Å². The number of rotatable bonds is 5. The number of alkyl halides is 3. The summed E-state index contributed by atoms with van der Waals surface area (Å²) in [6.07, 6.45) is -2.88. The number of benzene rings is 1. The molecule has 7 heteroatoms. The van der Waals surface area contributed by atoms with E-state index in [2.05, 4.69) is 9.73 Å². The smallest absolute Gasteiger partial charge is 0.422 e. The third-order valence-electron chi connectivity index (χ3n) is 3.02. The van der Waals surface area contributed by atoms with Gasteiger partial charge in [0.25, 0.3) is 0 Å². The van der Waals surface area contributed by atoms with Gasteiger partial charge in [0.1, 0.15) is 0 Å². The number of esters is 1. The van der Waals surface area contributed by atoms with Gasteiger partial charge in [0.05, 0.1) is 17.6 Å². The molecular weight excluding hydrogens is 297 g/mol. The molecule has 1 rings (SSSR count). The second kappa shape index (κ2) is 7.29. The van der Waals surface area contributed by atoms with E-state index in [1.807, 2.05) is 18.9 Å². The molecule has 0 heterocycles. The Bertz CT molecular complexity index is 569. The summed E-state index contributed by atoms with van der Waals surface area (Å²) < 4.78 is 40.5. The number of carbonyl (C=O) groups is 1. The first kappa shape index (κ1) is 18.0. The van der Waals surface area contributed by atoms with Crippen molar-refractivity contribution in [3.63, 3.8) is 0 Å². The number of nitrogens with zero attached hydrogens (tertiary/aromatic N) is 2. The van der Waals surface area contributed by atoms with Gasteiger partial charge in [-0.3, -0.25) is 0 Å². The molecule has 122 valence electrons. The molecule has 0 saturated heterocycles. The zero-order chi connectivity index (χ0) is 16.9. The van der Waals surface area contributed by atoms with Crippen LogP contribution >= 0.6 is 0 Å². The van der Waals surface area contributed by atoms with Crippen molar-refractivity contribution in [1.82, 2.24) is 4.90 Å². The van der Waals surface area contributed by atoms with E-state index < -0.39 is 18.8 Å². The summed E-state index contributed by atoms with van der Waals surface area (Å²) >= 11 is 0. The van der Waals surface area contributed by atoms with Crippen LogP contribution in [0.15, 0.2) is 17.1 Å². The molecule has 0 aliphatic heterocycles. The first-order valence-electron chi connectivity index (χ1n) is 6.73. The van der Waals surface area contributed by atoms with Crippen LogP contribution in [-0.2, 0) is 4.74 Å². The van der Waals surface area contributed by atoms with Gasteiger partial charge in [0.2, 0.25) is 0 Å². The van der Waals surface area contributed by atoms with Crippen LogP contribution in [0, 0.1) is 13.8 Å². The van der Waals surface area contributed by atoms with Crippen LogP contribution < -0.4 is 0 Å². The SMILES string of the molecule is CCN(C)/C=N/c1cc(C)c(C(=O)OCC(F)(F)F)cc1C. The summed E-state index contributed by atoms with van der Waals surface area (Å²) in [6.45, 7) is 4.55. The third kappa shape index (κ3) is 5.38. The minimum atomic E-state index is -4.53. The maximum absolute atomic E-state index is 12.1. The molecule has 0 N–H and O–H groups in total. The standard InChI is InChI=1S/C15H19F3N2O2/c1-5-20(4)9-19-13-7-10(2)12(6-11(13)3)14(21)22-8-15(16,17)18/h6-7,9H,5,8H2,1-4H3/b19-9+. The maximum Gasteiger partial charge on any atom is 0.422 e. The average Bonchev–Trinajstić information content (AvgIpc) is 2.44. The lowest BCUT2D eigenvalue weighted by atomic mass is 10.0. The molecule has 0 aromatic heterocycles. The Morgan fingerprint density at radius 2 is 1.95 bits per heavy atom. The fourth-order valence-corrected chi connectivity index (χ4v) is 1.63. The topological polar surface area (TPSA) is 41.9 Å². The zero-order valence-corrected chi connectivity index (χ0v) is 13.0. The highest BCUT2D eigenvalue weighted by atomic mass is 19.4. The van der Waals surface area contributed by atoms with Crippen LogP contribution in [0.1, 0.15) is 28.4 Å². The Labute approximate surface area is 127 Å². The van der Waals surface area contributed by atoms with Gasteiger partial charge in [0.15, 0.2) is 6.61 Å². The molecule has 0 aliphatic carbocycles. The molecule has 0 bridgehead atoms. The van der Waals surface area contributed by atoms with E-state index in [9.17, 15) is 18.0 Å². The highest BCUT2D eigenvalue weighted by Gasteiger charge is 2.30. The van der Waals surface area contributed by atoms with E-state index in [0.717, 1.165) is 6.54 Å². The first-order chi connectivity index (χ1) is 10.1. The normalized spacial score (nSPS) is 11.8. The largest absolute Gasteiger partial charge is 0.452 e. The number of carbonyl (C=O) groups excluding carboxylic acids is 1. The van der Waals surface area contributed by atoms with Crippen LogP contribution in [-0.4, -0.2) is 43.6 Å². The fourth-order valence-electron chi connectivity index (χ4n) is 1.63. The van der Waals surface area contributed by atoms with E-state index in [0.29, 0.717) is 16.8 Å². The molecular formula is C15H19F3N2O2. The van der Waals surface area contributed by atoms with Gasteiger partial charge in [-0.25, -0.2) is 9.79 Å². The lowest BCUT2D eigenvalue weighted by Gasteiger charge is -2.12. The Morgan fingerprint density at radius 3 is 2.50 bits per heavy atom. The van der Waals surface area contributed by atoms with Crippen molar-refractivity contribution in [2.45, 2.75) is 26.9 Å². The summed E-state index contributed by atoms with van der Waals surface area (Å²) in [5, 5.41) is 0. The molecule has 0 atom stereocenters. The van der Waals surface area contributed by atoms with E-state index in [-0.39, 0.29) is 5.56 Å². The molecule has 0 amide bonds. The molecule has 0 saturated carbocycles. The number of aliphatic imine (C=N–C) groups is 1. The van der Waals surface area contributed by atoms with Gasteiger partial charge in [-0.1, -0.05) is 0 Å². The summed E-state index contributed by atoms with van der Waals surface area (Å²) in [6, 6.07) is 3.15. The molecule has 4 nitrogen and oxygen atoms in total. The second-order valence-electron chi connectivity index (χ2n) is 4.96. The molecule has 0 fully saturated rings. The van der Waals surface area contributed by atoms with Crippen molar-refractivity contribution in [3.8, 4) is 0 Å². The average molecular weight is 316 g/mol. The number of ether oxygens (including phenoxy) is 1. The predicted octanol–water partition coefficient (Wildman–Crippen LogP) is 3.63. The Hall–Kier alpha value is -2.05. The predicted molar refractivity (Wildman–Crippen MR) is 78.7 cm³/mol. The quantitative estimate of drug-likeness (QED) is 0.473. The van der Waals surface area contributed by atoms with Gasteiger partial charge in [-0.2, -0.15) is 13.2 Å². The van der Waals surface area contributed by atoms with Crippen molar-refractivity contribution < 1.29 is 22.7 Å². The van der Waals surface area contributed by atoms with Crippen molar-refractivity contribution >= 4 is 18.0 Å². The first-order valence-corrected chi connectivity index (χ1v) is 6.73. The van der Waals surface area contributed by atoms with Gasteiger partial charge in [0, 0.05) is 13.6 Å². The molecule has 0 unspecified atom stereocenters. The lowest BCUT2D eigenvalue weighted by Crippen LogP contribution is -2.20. The molecule has 0 radical (unpaired) electrons. The maximum atomic E-state index is 12.1. The van der Waals surface area contributed by atoms with E-state index in [1.54, 1.807) is 26.3 Å². The number of halogens is 3. The van der Waals surface area contributed by atoms with Crippen LogP contribution in [0.2, 0.25) is 0 Å². The van der Waals surface area contributed by atoms with Crippen LogP contribution in [0.5, 0.6) is 0 Å². The van der Waals surface area contributed by atoms with Crippen LogP contribution in [0.4, 0.5) is 18.9 Å². The Balaban J connectivity index is 2.94. The fraction of sp³-hybridized carbons (Fsp3) is 0.467. The monoisotopic (exact) mass is 316 g/mol. The molecule has 1 aromatic rings. The lowest BCUT2D eigenvalue weighted by molar-refractivity contribution is -0.161. The second-order valence-corrected chi connectivity index (χ2v) is 4.96. The highest BCUT2D eigenvalue weighted by Crippen LogP contribution is 2.24. The van der Waals surface area contributed by atoms with Gasteiger partial charge >= 0.3 is 12.1 Å². The Morgan fingerprint density at radius 1 is 1.32 bits per heavy atom. The summed E-state index contributed by atoms with van der Waals surface area (Å²) in [4.78, 5) is 17.9. The minimum Gasteiger partial charge on any atom is -0.452 e. The van der Waals surface area contributed by atoms with Gasteiger partial charge in [-0.15, -0.1) is 0 Å². The summed E-state index contributed by atoms with van der Waals surface area (Å²) in [5.41, 5.74) is 1.98. The summed E-state index contributed by atoms with van der Waals surface area (Å²) in [7, 11) is 1.87. The molecule has 22 heavy (non-hydrogen) atoms. The van der Waals surface area contributed by atoms with Crippen molar-refractivity contribution in [2.24, 2.45) is 4.99 Å². The zero-order valence-electron chi connectivity index (χ0n) is 13.0. The summed E-state index contributed by atoms with van der Waals surface area (Å²) in [5.74, 6) is -0.987. The number of hydrogen-bond acceptors (Lipinski definition) is 3.